The van der Waals surface area contributed by atoms with Gasteiger partial charge >= 0.3 is 5.97 Å². The van der Waals surface area contributed by atoms with Gasteiger partial charge in [0, 0.05) is 5.02 Å². The van der Waals surface area contributed by atoms with Crippen LogP contribution in [0.4, 0.5) is 0 Å². The van der Waals surface area contributed by atoms with Crippen molar-refractivity contribution in [2.45, 2.75) is 6.42 Å². The fourth-order valence-corrected chi connectivity index (χ4v) is 2.78. The molecular formula is C24H18ClNO3. The summed E-state index contributed by atoms with van der Waals surface area (Å²) >= 11 is 6.00. The normalized spacial score (nSPS) is 10.8. The Morgan fingerprint density at radius 3 is 2.41 bits per heavy atom. The van der Waals surface area contributed by atoms with E-state index in [0.29, 0.717) is 22.1 Å². The quantitative estimate of drug-likeness (QED) is 0.217. The number of ether oxygens (including phenoxy) is 2. The van der Waals surface area contributed by atoms with Crippen molar-refractivity contribution in [2.75, 3.05) is 6.61 Å². The second-order valence-electron chi connectivity index (χ2n) is 6.13. The van der Waals surface area contributed by atoms with Crippen LogP contribution in [0.1, 0.15) is 17.5 Å². The van der Waals surface area contributed by atoms with Gasteiger partial charge in [0.25, 0.3) is 0 Å². The molecule has 0 bridgehead atoms. The van der Waals surface area contributed by atoms with Gasteiger partial charge in [-0.2, -0.15) is 5.26 Å². The van der Waals surface area contributed by atoms with Gasteiger partial charge < -0.3 is 9.47 Å². The van der Waals surface area contributed by atoms with Crippen molar-refractivity contribution >= 4 is 29.2 Å². The second-order valence-corrected chi connectivity index (χ2v) is 6.57. The summed E-state index contributed by atoms with van der Waals surface area (Å²) < 4.78 is 10.8. The summed E-state index contributed by atoms with van der Waals surface area (Å²) in [6.45, 7) is 0.245. The first kappa shape index (κ1) is 20.2. The molecule has 0 aliphatic rings. The van der Waals surface area contributed by atoms with Crippen molar-refractivity contribution in [1.82, 2.24) is 0 Å². The lowest BCUT2D eigenvalue weighted by molar-refractivity contribution is -0.134. The summed E-state index contributed by atoms with van der Waals surface area (Å²) in [6.07, 6.45) is 1.90. The van der Waals surface area contributed by atoms with Crippen LogP contribution < -0.4 is 9.47 Å². The molecule has 3 aromatic rings. The van der Waals surface area contributed by atoms with E-state index < -0.39 is 0 Å². The Balaban J connectivity index is 1.56. The van der Waals surface area contributed by atoms with E-state index in [1.807, 2.05) is 36.4 Å². The van der Waals surface area contributed by atoms with Crippen molar-refractivity contribution in [3.05, 3.63) is 95.0 Å². The number of benzene rings is 3. The molecule has 3 rings (SSSR count). The molecule has 0 aliphatic carbocycles. The van der Waals surface area contributed by atoms with Crippen LogP contribution in [0.25, 0.3) is 11.6 Å². The zero-order chi connectivity index (χ0) is 20.5. The molecule has 0 amide bonds. The van der Waals surface area contributed by atoms with E-state index in [4.69, 9.17) is 21.1 Å². The first-order valence-corrected chi connectivity index (χ1v) is 9.38. The van der Waals surface area contributed by atoms with Crippen molar-refractivity contribution in [2.24, 2.45) is 0 Å². The van der Waals surface area contributed by atoms with E-state index in [0.717, 1.165) is 11.1 Å². The Kier molecular flexibility index (Phi) is 7.05. The number of rotatable bonds is 7. The molecule has 0 saturated carbocycles. The van der Waals surface area contributed by atoms with Crippen molar-refractivity contribution in [1.29, 1.82) is 5.26 Å². The van der Waals surface area contributed by atoms with E-state index in [1.165, 1.54) is 0 Å². The molecule has 0 heterocycles. The van der Waals surface area contributed by atoms with Gasteiger partial charge in [0.05, 0.1) is 24.7 Å². The van der Waals surface area contributed by atoms with E-state index in [9.17, 15) is 10.1 Å². The first-order chi connectivity index (χ1) is 14.1. The predicted molar refractivity (Wildman–Crippen MR) is 114 cm³/mol. The van der Waals surface area contributed by atoms with Crippen LogP contribution in [0.3, 0.4) is 0 Å². The lowest BCUT2D eigenvalue weighted by Gasteiger charge is -2.07. The predicted octanol–water partition coefficient (Wildman–Crippen LogP) is 5.78. The number of halogens is 1. The number of carbonyl (C=O) groups excluding carboxylic acids is 1. The van der Waals surface area contributed by atoms with Gasteiger partial charge in [-0.25, -0.2) is 0 Å². The molecule has 0 atom stereocenters. The molecule has 0 saturated heterocycles. The smallest absolute Gasteiger partial charge is 0.314 e. The van der Waals surface area contributed by atoms with Gasteiger partial charge in [-0.05, 0) is 53.6 Å². The van der Waals surface area contributed by atoms with E-state index >= 15 is 0 Å². The molecule has 0 aromatic heterocycles. The largest absolute Gasteiger partial charge is 0.493 e. The van der Waals surface area contributed by atoms with Crippen LogP contribution in [-0.2, 0) is 4.79 Å². The van der Waals surface area contributed by atoms with E-state index in [2.05, 4.69) is 6.07 Å². The van der Waals surface area contributed by atoms with E-state index in [-0.39, 0.29) is 19.0 Å². The summed E-state index contributed by atoms with van der Waals surface area (Å²) in [5.74, 6) is 0.776. The van der Waals surface area contributed by atoms with Gasteiger partial charge in [0.15, 0.2) is 0 Å². The number of carbonyl (C=O) groups is 1. The summed E-state index contributed by atoms with van der Waals surface area (Å²) in [6, 6.07) is 25.5. The number of allylic oxidation sites excluding steroid dienone is 1. The third-order valence-corrected chi connectivity index (χ3v) is 4.23. The molecule has 0 spiro atoms. The summed E-state index contributed by atoms with van der Waals surface area (Å²) in [5, 5.41) is 10.00. The summed E-state index contributed by atoms with van der Waals surface area (Å²) in [5.41, 5.74) is 2.05. The molecule has 0 N–H and O–H groups in total. The first-order valence-electron chi connectivity index (χ1n) is 9.00. The fraction of sp³-hybridized carbons (Fsp3) is 0.0833. The zero-order valence-electron chi connectivity index (χ0n) is 15.5. The Labute approximate surface area is 174 Å². The van der Waals surface area contributed by atoms with Gasteiger partial charge in [0.1, 0.15) is 11.5 Å². The number of hydrogen-bond acceptors (Lipinski definition) is 4. The molecule has 144 valence electrons. The van der Waals surface area contributed by atoms with E-state index in [1.54, 1.807) is 48.5 Å². The number of nitrogens with zero attached hydrogens (tertiary/aromatic N) is 1. The summed E-state index contributed by atoms with van der Waals surface area (Å²) in [7, 11) is 0. The van der Waals surface area contributed by atoms with Crippen LogP contribution in [0.5, 0.6) is 11.5 Å². The topological polar surface area (TPSA) is 59.3 Å². The average molecular weight is 404 g/mol. The number of hydrogen-bond donors (Lipinski definition) is 0. The van der Waals surface area contributed by atoms with Gasteiger partial charge in [-0.15, -0.1) is 0 Å². The highest BCUT2D eigenvalue weighted by molar-refractivity contribution is 6.30. The number of para-hydroxylation sites is 1. The third kappa shape index (κ3) is 6.24. The summed E-state index contributed by atoms with van der Waals surface area (Å²) in [4.78, 5) is 12.0. The maximum Gasteiger partial charge on any atom is 0.314 e. The minimum Gasteiger partial charge on any atom is -0.493 e. The van der Waals surface area contributed by atoms with Crippen molar-refractivity contribution in [3.63, 3.8) is 0 Å². The molecule has 0 unspecified atom stereocenters. The molecule has 5 heteroatoms. The van der Waals surface area contributed by atoms with Crippen LogP contribution >= 0.6 is 11.6 Å². The lowest BCUT2D eigenvalue weighted by atomic mass is 10.0. The molecule has 0 aliphatic heterocycles. The number of nitriles is 1. The molecular weight excluding hydrogens is 386 g/mol. The van der Waals surface area contributed by atoms with Gasteiger partial charge in [0.2, 0.25) is 0 Å². The molecule has 0 radical (unpaired) electrons. The highest BCUT2D eigenvalue weighted by Gasteiger charge is 2.06. The molecule has 29 heavy (non-hydrogen) atoms. The Hall–Kier alpha value is -3.55. The Morgan fingerprint density at radius 1 is 0.966 bits per heavy atom. The highest BCUT2D eigenvalue weighted by Crippen LogP contribution is 2.22. The standard InChI is InChI=1S/C24H18ClNO3/c25-21-6-4-5-19(16-21)20(17-26)15-18-9-11-23(12-10-18)29-24(27)13-14-28-22-7-2-1-3-8-22/h1-12,15-16H,13-14H2/b20-15-. The maximum absolute atomic E-state index is 12.0. The Bertz CT molecular complexity index is 1040. The third-order valence-electron chi connectivity index (χ3n) is 4.00. The minimum atomic E-state index is -0.374. The van der Waals surface area contributed by atoms with Crippen LogP contribution in [0.15, 0.2) is 78.9 Å². The van der Waals surface area contributed by atoms with Crippen molar-refractivity contribution < 1.29 is 14.3 Å². The fourth-order valence-electron chi connectivity index (χ4n) is 2.59. The Morgan fingerprint density at radius 2 is 1.72 bits per heavy atom. The van der Waals surface area contributed by atoms with Crippen LogP contribution in [-0.4, -0.2) is 12.6 Å². The van der Waals surface area contributed by atoms with Crippen LogP contribution in [0.2, 0.25) is 5.02 Å². The van der Waals surface area contributed by atoms with Crippen molar-refractivity contribution in [3.8, 4) is 17.6 Å². The number of esters is 1. The lowest BCUT2D eigenvalue weighted by Crippen LogP contribution is -2.12. The molecule has 0 fully saturated rings. The average Bonchev–Trinajstić information content (AvgIpc) is 2.74. The van der Waals surface area contributed by atoms with Gasteiger partial charge in [-0.1, -0.05) is 54.1 Å². The van der Waals surface area contributed by atoms with Crippen LogP contribution in [0, 0.1) is 11.3 Å². The van der Waals surface area contributed by atoms with Gasteiger partial charge in [-0.3, -0.25) is 4.79 Å². The monoisotopic (exact) mass is 403 g/mol. The molecule has 3 aromatic carbocycles. The SMILES string of the molecule is N#C/C(=C/c1ccc(OC(=O)CCOc2ccccc2)cc1)c1cccc(Cl)c1. The minimum absolute atomic E-state index is 0.143. The highest BCUT2D eigenvalue weighted by atomic mass is 35.5. The zero-order valence-corrected chi connectivity index (χ0v) is 16.3. The maximum atomic E-state index is 12.0. The molecule has 4 nitrogen and oxygen atoms in total. The second kappa shape index (κ2) is 10.1.